The fraction of sp³-hybridized carbons (Fsp3) is 0.0556. The molecule has 0 bridgehead atoms. The fourth-order valence-electron chi connectivity index (χ4n) is 2.74. The Bertz CT molecular complexity index is 1050. The predicted molar refractivity (Wildman–Crippen MR) is 95.1 cm³/mol. The van der Waals surface area contributed by atoms with Gasteiger partial charge in [0, 0.05) is 18.1 Å². The summed E-state index contributed by atoms with van der Waals surface area (Å²) >= 11 is 0. The van der Waals surface area contributed by atoms with Crippen LogP contribution in [0.5, 0.6) is 0 Å². The van der Waals surface area contributed by atoms with Crippen LogP contribution in [0.25, 0.3) is 21.8 Å². The summed E-state index contributed by atoms with van der Waals surface area (Å²) < 4.78 is 1.69. The van der Waals surface area contributed by atoms with E-state index in [9.17, 15) is 4.79 Å². The fourth-order valence-corrected chi connectivity index (χ4v) is 2.74. The third-order valence-electron chi connectivity index (χ3n) is 3.91. The van der Waals surface area contributed by atoms with Gasteiger partial charge in [-0.2, -0.15) is 0 Å². The monoisotopic (exact) mass is 317 g/mol. The minimum Gasteiger partial charge on any atom is -0.308 e. The zero-order chi connectivity index (χ0) is 16.5. The van der Waals surface area contributed by atoms with Crippen molar-refractivity contribution in [1.29, 1.82) is 0 Å². The van der Waals surface area contributed by atoms with E-state index >= 15 is 0 Å². The Labute approximate surface area is 138 Å². The van der Waals surface area contributed by atoms with Crippen LogP contribution >= 0.6 is 0 Å². The van der Waals surface area contributed by atoms with E-state index in [0.717, 1.165) is 27.5 Å². The molecule has 0 atom stereocenters. The molecule has 6 heteroatoms. The first kappa shape index (κ1) is 14.2. The largest absolute Gasteiger partial charge is 0.323 e. The topological polar surface area (TPSA) is 71.8 Å². The summed E-state index contributed by atoms with van der Waals surface area (Å²) in [5, 5.41) is 15.8. The van der Waals surface area contributed by atoms with E-state index in [0.29, 0.717) is 5.69 Å². The van der Waals surface area contributed by atoms with Crippen molar-refractivity contribution < 1.29 is 4.79 Å². The summed E-state index contributed by atoms with van der Waals surface area (Å²) in [6.45, 7) is 0. The van der Waals surface area contributed by atoms with Crippen LogP contribution in [0.1, 0.15) is 0 Å². The van der Waals surface area contributed by atoms with Crippen molar-refractivity contribution in [1.82, 2.24) is 15.0 Å². The summed E-state index contributed by atoms with van der Waals surface area (Å²) in [5.41, 5.74) is 3.09. The quantitative estimate of drug-likeness (QED) is 0.591. The highest BCUT2D eigenvalue weighted by atomic mass is 16.2. The Morgan fingerprint density at radius 3 is 2.75 bits per heavy atom. The number of aromatic nitrogens is 3. The van der Waals surface area contributed by atoms with Gasteiger partial charge in [0.25, 0.3) is 0 Å². The smallest absolute Gasteiger partial charge is 0.308 e. The van der Waals surface area contributed by atoms with Crippen LogP contribution in [0, 0.1) is 0 Å². The first-order chi connectivity index (χ1) is 11.7. The molecular formula is C18H15N5O. The van der Waals surface area contributed by atoms with Crippen LogP contribution in [0.2, 0.25) is 0 Å². The molecule has 118 valence electrons. The molecule has 0 radical (unpaired) electrons. The first-order valence-electron chi connectivity index (χ1n) is 7.56. The third-order valence-corrected chi connectivity index (χ3v) is 3.91. The van der Waals surface area contributed by atoms with Gasteiger partial charge in [-0.1, -0.05) is 41.6 Å². The van der Waals surface area contributed by atoms with E-state index in [1.54, 1.807) is 10.7 Å². The lowest BCUT2D eigenvalue weighted by Gasteiger charge is -2.10. The summed E-state index contributed by atoms with van der Waals surface area (Å²) in [6, 6.07) is 18.9. The first-order valence-corrected chi connectivity index (χ1v) is 7.56. The minimum absolute atomic E-state index is 0.297. The van der Waals surface area contributed by atoms with Crippen molar-refractivity contribution in [2.24, 2.45) is 7.05 Å². The van der Waals surface area contributed by atoms with Crippen molar-refractivity contribution in [3.05, 3.63) is 60.7 Å². The molecule has 4 rings (SSSR count). The number of urea groups is 1. The zero-order valence-corrected chi connectivity index (χ0v) is 13.0. The molecule has 2 amide bonds. The molecule has 0 spiro atoms. The van der Waals surface area contributed by atoms with Crippen LogP contribution in [0.3, 0.4) is 0 Å². The summed E-state index contributed by atoms with van der Waals surface area (Å²) in [7, 11) is 1.83. The summed E-state index contributed by atoms with van der Waals surface area (Å²) in [4.78, 5) is 12.3. The average molecular weight is 317 g/mol. The number of nitrogens with one attached hydrogen (secondary N) is 2. The predicted octanol–water partition coefficient (Wildman–Crippen LogP) is 3.77. The van der Waals surface area contributed by atoms with Crippen LogP contribution in [-0.4, -0.2) is 21.0 Å². The molecule has 0 fully saturated rings. The lowest BCUT2D eigenvalue weighted by Crippen LogP contribution is -2.19. The average Bonchev–Trinajstić information content (AvgIpc) is 2.96. The molecule has 0 saturated carbocycles. The van der Waals surface area contributed by atoms with E-state index in [-0.39, 0.29) is 6.03 Å². The molecule has 24 heavy (non-hydrogen) atoms. The molecule has 1 heterocycles. The number of hydrogen-bond acceptors (Lipinski definition) is 3. The Kier molecular flexibility index (Phi) is 3.35. The molecule has 3 aromatic carbocycles. The molecule has 0 aliphatic heterocycles. The highest BCUT2D eigenvalue weighted by Crippen LogP contribution is 2.23. The molecule has 0 saturated heterocycles. The van der Waals surface area contributed by atoms with Gasteiger partial charge in [0.15, 0.2) is 0 Å². The van der Waals surface area contributed by atoms with Crippen molar-refractivity contribution in [3.8, 4) is 0 Å². The van der Waals surface area contributed by atoms with Gasteiger partial charge >= 0.3 is 6.03 Å². The number of amides is 2. The van der Waals surface area contributed by atoms with Crippen LogP contribution in [0.15, 0.2) is 60.7 Å². The van der Waals surface area contributed by atoms with Crippen molar-refractivity contribution in [2.75, 3.05) is 10.6 Å². The number of nitrogens with zero attached hydrogens (tertiary/aromatic N) is 3. The minimum atomic E-state index is -0.297. The molecule has 2 N–H and O–H groups in total. The maximum Gasteiger partial charge on any atom is 0.323 e. The zero-order valence-electron chi connectivity index (χ0n) is 13.0. The van der Waals surface area contributed by atoms with E-state index in [4.69, 9.17) is 0 Å². The van der Waals surface area contributed by atoms with Crippen molar-refractivity contribution in [3.63, 3.8) is 0 Å². The van der Waals surface area contributed by atoms with E-state index in [1.807, 2.05) is 61.6 Å². The van der Waals surface area contributed by atoms with Gasteiger partial charge in [0.2, 0.25) is 0 Å². The number of fused-ring (bicyclic) bond motifs is 2. The highest BCUT2D eigenvalue weighted by molar-refractivity contribution is 6.06. The number of carbonyl (C=O) groups is 1. The van der Waals surface area contributed by atoms with Gasteiger partial charge in [0.1, 0.15) is 5.52 Å². The van der Waals surface area contributed by atoms with E-state index < -0.39 is 0 Å². The normalized spacial score (nSPS) is 10.9. The lowest BCUT2D eigenvalue weighted by molar-refractivity contribution is 0.262. The maximum absolute atomic E-state index is 12.3. The summed E-state index contributed by atoms with van der Waals surface area (Å²) in [5.74, 6) is 0. The standard InChI is InChI=1S/C18H15N5O/c1-23-17-10-9-13(11-16(17)21-22-23)19-18(24)20-15-8-4-6-12-5-2-3-7-14(12)15/h2-11H,1H3,(H2,19,20,24). The van der Waals surface area contributed by atoms with Gasteiger partial charge in [-0.25, -0.2) is 9.48 Å². The number of benzene rings is 3. The molecule has 0 aliphatic carbocycles. The molecule has 0 aliphatic rings. The Hall–Kier alpha value is -3.41. The van der Waals surface area contributed by atoms with Crippen LogP contribution in [-0.2, 0) is 7.05 Å². The van der Waals surface area contributed by atoms with E-state index in [1.165, 1.54) is 0 Å². The number of aryl methyl sites for hydroxylation is 1. The van der Waals surface area contributed by atoms with Crippen molar-refractivity contribution >= 4 is 39.2 Å². The van der Waals surface area contributed by atoms with Gasteiger partial charge in [0.05, 0.1) is 11.2 Å². The molecular weight excluding hydrogens is 302 g/mol. The molecule has 1 aromatic heterocycles. The maximum atomic E-state index is 12.3. The molecule has 4 aromatic rings. The number of rotatable bonds is 2. The molecule has 6 nitrogen and oxygen atoms in total. The summed E-state index contributed by atoms with van der Waals surface area (Å²) in [6.07, 6.45) is 0. The molecule has 0 unspecified atom stereocenters. The number of carbonyl (C=O) groups excluding carboxylic acids is 1. The van der Waals surface area contributed by atoms with Crippen LogP contribution < -0.4 is 10.6 Å². The number of anilines is 2. The lowest BCUT2D eigenvalue weighted by atomic mass is 10.1. The van der Waals surface area contributed by atoms with Gasteiger partial charge in [-0.15, -0.1) is 5.10 Å². The van der Waals surface area contributed by atoms with Gasteiger partial charge in [-0.3, -0.25) is 0 Å². The van der Waals surface area contributed by atoms with Crippen LogP contribution in [0.4, 0.5) is 16.2 Å². The Morgan fingerprint density at radius 1 is 1.00 bits per heavy atom. The SMILES string of the molecule is Cn1nnc2cc(NC(=O)Nc3cccc4ccccc34)ccc21. The second-order valence-electron chi connectivity index (χ2n) is 5.52. The third kappa shape index (κ3) is 2.54. The van der Waals surface area contributed by atoms with Gasteiger partial charge in [-0.05, 0) is 29.7 Å². The Morgan fingerprint density at radius 2 is 1.83 bits per heavy atom. The number of hydrogen-bond donors (Lipinski definition) is 2. The van der Waals surface area contributed by atoms with E-state index in [2.05, 4.69) is 20.9 Å². The van der Waals surface area contributed by atoms with Crippen molar-refractivity contribution in [2.45, 2.75) is 0 Å². The Balaban J connectivity index is 1.57. The second-order valence-corrected chi connectivity index (χ2v) is 5.52. The second kappa shape index (κ2) is 5.66. The van der Waals surface area contributed by atoms with Gasteiger partial charge < -0.3 is 10.6 Å². The highest BCUT2D eigenvalue weighted by Gasteiger charge is 2.08.